The number of aryl methyl sites for hydroxylation is 1. The fourth-order valence-corrected chi connectivity index (χ4v) is 2.66. The van der Waals surface area contributed by atoms with Gasteiger partial charge in [-0.25, -0.2) is 10.2 Å². The van der Waals surface area contributed by atoms with Crippen molar-refractivity contribution in [3.8, 4) is 0 Å². The minimum atomic E-state index is -0.212. The van der Waals surface area contributed by atoms with Crippen molar-refractivity contribution in [1.29, 1.82) is 0 Å². The highest BCUT2D eigenvalue weighted by Gasteiger charge is 2.16. The first kappa shape index (κ1) is 20.8. The number of rotatable bonds is 5. The average Bonchev–Trinajstić information content (AvgIpc) is 2.58. The topological polar surface area (TPSA) is 70.5 Å². The number of nitrogens with zero attached hydrogens (tertiary/aromatic N) is 2. The summed E-state index contributed by atoms with van der Waals surface area (Å²) in [5.74, 6) is 10.3. The van der Waals surface area contributed by atoms with Gasteiger partial charge in [0, 0.05) is 32.4 Å². The van der Waals surface area contributed by atoms with Crippen molar-refractivity contribution < 1.29 is 4.39 Å². The maximum absolute atomic E-state index is 14.0. The minimum absolute atomic E-state index is 0.212. The zero-order valence-electron chi connectivity index (χ0n) is 14.8. The quantitative estimate of drug-likeness (QED) is 0.560. The summed E-state index contributed by atoms with van der Waals surface area (Å²) in [6.07, 6.45) is 1.40. The third kappa shape index (κ3) is 5.63. The van der Waals surface area contributed by atoms with E-state index in [0.717, 1.165) is 16.9 Å². The second-order valence-corrected chi connectivity index (χ2v) is 5.89. The van der Waals surface area contributed by atoms with E-state index in [1.54, 1.807) is 19.2 Å². The molecule has 0 spiro atoms. The lowest BCUT2D eigenvalue weighted by Gasteiger charge is -2.27. The summed E-state index contributed by atoms with van der Waals surface area (Å²) in [4.78, 5) is 1.91. The third-order valence-electron chi connectivity index (χ3n) is 3.59. The smallest absolute Gasteiger partial charge is 0.128 e. The molecule has 0 aliphatic rings. The van der Waals surface area contributed by atoms with Gasteiger partial charge >= 0.3 is 0 Å². The van der Waals surface area contributed by atoms with Crippen molar-refractivity contribution in [2.45, 2.75) is 13.5 Å². The van der Waals surface area contributed by atoms with Gasteiger partial charge in [0.1, 0.15) is 5.82 Å². The van der Waals surface area contributed by atoms with Gasteiger partial charge in [-0.1, -0.05) is 36.4 Å². The molecule has 5 nitrogen and oxygen atoms in total. The first-order valence-corrected chi connectivity index (χ1v) is 8.00. The molecule has 0 unspecified atom stereocenters. The molecule has 0 fully saturated rings. The Hall–Kier alpha value is -2.28. The number of anilines is 2. The molecule has 0 amide bonds. The van der Waals surface area contributed by atoms with E-state index in [9.17, 15) is 4.39 Å². The zero-order chi connectivity index (χ0) is 19.0. The van der Waals surface area contributed by atoms with Crippen LogP contribution in [0.1, 0.15) is 11.1 Å². The number of benzene rings is 2. The van der Waals surface area contributed by atoms with Gasteiger partial charge in [-0.2, -0.15) is 0 Å². The van der Waals surface area contributed by atoms with E-state index in [2.05, 4.69) is 17.8 Å². The second kappa shape index (κ2) is 9.88. The molecule has 2 rings (SSSR count). The molecule has 136 valence electrons. The lowest BCUT2D eigenvalue weighted by molar-refractivity contribution is 0.606. The number of nitrogens with two attached hydrogens (primary N) is 2. The molecule has 5 N–H and O–H groups in total. The first-order valence-electron chi connectivity index (χ1n) is 7.62. The van der Waals surface area contributed by atoms with Gasteiger partial charge in [0.2, 0.25) is 0 Å². The Morgan fingerprint density at radius 3 is 2.36 bits per heavy atom. The van der Waals surface area contributed by atoms with Crippen LogP contribution in [0, 0.1) is 12.7 Å². The summed E-state index contributed by atoms with van der Waals surface area (Å²) in [6.45, 7) is 5.56. The minimum Gasteiger partial charge on any atom is -0.367 e. The zero-order valence-corrected chi connectivity index (χ0v) is 15.5. The molecule has 0 aliphatic heterocycles. The fraction of sp³-hybridized carbons (Fsp3) is 0.222. The molecule has 0 aliphatic carbocycles. The van der Waals surface area contributed by atoms with Crippen molar-refractivity contribution >= 4 is 23.0 Å². The second-order valence-electron chi connectivity index (χ2n) is 5.48. The Bertz CT molecular complexity index is 686. The lowest BCUT2D eigenvalue weighted by atomic mass is 10.1. The lowest BCUT2D eigenvalue weighted by Crippen LogP contribution is -2.28. The van der Waals surface area contributed by atoms with E-state index in [1.165, 1.54) is 17.3 Å². The number of nitrogens with one attached hydrogen (secondary N) is 1. The Morgan fingerprint density at radius 1 is 1.24 bits per heavy atom. The normalized spacial score (nSPS) is 9.72. The number of hydrogen-bond acceptors (Lipinski definition) is 5. The predicted molar refractivity (Wildman–Crippen MR) is 105 cm³/mol. The van der Waals surface area contributed by atoms with Crippen LogP contribution in [0.25, 0.3) is 0 Å². The molecule has 0 bridgehead atoms. The number of halogens is 2. The van der Waals surface area contributed by atoms with Crippen LogP contribution in [0.4, 0.5) is 15.8 Å². The molecule has 2 aromatic carbocycles. The van der Waals surface area contributed by atoms with Crippen LogP contribution in [0.3, 0.4) is 0 Å². The molecule has 7 heteroatoms. The fourth-order valence-electron chi connectivity index (χ4n) is 2.35. The third-order valence-corrected chi connectivity index (χ3v) is 3.90. The van der Waals surface area contributed by atoms with Crippen molar-refractivity contribution in [3.63, 3.8) is 0 Å². The van der Waals surface area contributed by atoms with E-state index in [0.29, 0.717) is 17.1 Å². The maximum Gasteiger partial charge on any atom is 0.128 e. The molecular weight excluding hydrogens is 341 g/mol. The largest absolute Gasteiger partial charge is 0.367 e. The van der Waals surface area contributed by atoms with Crippen molar-refractivity contribution in [2.75, 3.05) is 24.0 Å². The number of para-hydroxylation sites is 1. The van der Waals surface area contributed by atoms with Crippen molar-refractivity contribution in [3.05, 3.63) is 71.1 Å². The highest BCUT2D eigenvalue weighted by molar-refractivity contribution is 6.34. The Morgan fingerprint density at radius 2 is 1.84 bits per heavy atom. The summed E-state index contributed by atoms with van der Waals surface area (Å²) in [5, 5.41) is 2.09. The SMILES string of the molecule is C=CNN.Cc1cccc(F)c1CN(C)c1c(Cl)cccc1N(C)N. The predicted octanol–water partition coefficient (Wildman–Crippen LogP) is 3.33. The molecule has 0 saturated heterocycles. The van der Waals surface area contributed by atoms with Gasteiger partial charge in [0.25, 0.3) is 0 Å². The molecule has 0 radical (unpaired) electrons. The van der Waals surface area contributed by atoms with E-state index in [-0.39, 0.29) is 5.82 Å². The maximum atomic E-state index is 14.0. The van der Waals surface area contributed by atoms with Crippen LogP contribution in [-0.2, 0) is 6.54 Å². The van der Waals surface area contributed by atoms with Crippen LogP contribution in [0.5, 0.6) is 0 Å². The van der Waals surface area contributed by atoms with Crippen LogP contribution in [-0.4, -0.2) is 14.1 Å². The molecule has 0 aromatic heterocycles. The summed E-state index contributed by atoms with van der Waals surface area (Å²) in [7, 11) is 3.62. The Balaban J connectivity index is 0.000000705. The first-order chi connectivity index (χ1) is 11.8. The molecule has 25 heavy (non-hydrogen) atoms. The van der Waals surface area contributed by atoms with E-state index < -0.39 is 0 Å². The number of hydrazine groups is 2. The van der Waals surface area contributed by atoms with E-state index >= 15 is 0 Å². The standard InChI is InChI=1S/C16H19ClFN3.C2H6N2/c1-11-6-4-8-14(18)12(11)10-20(2)16-13(17)7-5-9-15(16)21(3)19;1-2-4-3/h4-9H,10,19H2,1-3H3;2,4H,1,3H2. The Labute approximate surface area is 153 Å². The van der Waals surface area contributed by atoms with Crippen LogP contribution in [0.2, 0.25) is 5.02 Å². The van der Waals surface area contributed by atoms with Gasteiger partial charge in [0.15, 0.2) is 0 Å². The van der Waals surface area contributed by atoms with Gasteiger partial charge in [-0.05, 0) is 30.7 Å². The van der Waals surface area contributed by atoms with Crippen molar-refractivity contribution in [1.82, 2.24) is 5.43 Å². The average molecular weight is 366 g/mol. The monoisotopic (exact) mass is 365 g/mol. The summed E-state index contributed by atoms with van der Waals surface area (Å²) < 4.78 is 14.0. The molecule has 2 aromatic rings. The van der Waals surface area contributed by atoms with Crippen LogP contribution < -0.4 is 27.0 Å². The molecule has 0 heterocycles. The highest BCUT2D eigenvalue weighted by Crippen LogP contribution is 2.35. The molecule has 0 atom stereocenters. The van der Waals surface area contributed by atoms with Gasteiger partial charge in [0.05, 0.1) is 16.4 Å². The van der Waals surface area contributed by atoms with Crippen molar-refractivity contribution in [2.24, 2.45) is 11.7 Å². The molecule has 0 saturated carbocycles. The van der Waals surface area contributed by atoms with Crippen LogP contribution >= 0.6 is 11.6 Å². The van der Waals surface area contributed by atoms with E-state index in [4.69, 9.17) is 17.4 Å². The highest BCUT2D eigenvalue weighted by atomic mass is 35.5. The molecular formula is C18H25ClFN5. The Kier molecular flexibility index (Phi) is 8.21. The summed E-state index contributed by atoms with van der Waals surface area (Å²) in [5.41, 5.74) is 5.34. The van der Waals surface area contributed by atoms with Gasteiger partial charge < -0.3 is 15.3 Å². The van der Waals surface area contributed by atoms with Gasteiger partial charge in [-0.3, -0.25) is 5.84 Å². The summed E-state index contributed by atoms with van der Waals surface area (Å²) >= 11 is 6.30. The van der Waals surface area contributed by atoms with E-state index in [1.807, 2.05) is 37.1 Å². The summed E-state index contributed by atoms with van der Waals surface area (Å²) in [6, 6.07) is 10.6. The number of hydrogen-bond donors (Lipinski definition) is 3. The van der Waals surface area contributed by atoms with Crippen LogP contribution in [0.15, 0.2) is 49.2 Å². The van der Waals surface area contributed by atoms with Gasteiger partial charge in [-0.15, -0.1) is 0 Å².